The number of anilines is 2. The molecule has 44 heavy (non-hydrogen) atoms. The molecule has 5 aromatic rings. The van der Waals surface area contributed by atoms with Gasteiger partial charge in [-0.25, -0.2) is 0 Å². The number of amides is 1. The van der Waals surface area contributed by atoms with Crippen molar-refractivity contribution < 1.29 is 35.8 Å². The predicted octanol–water partition coefficient (Wildman–Crippen LogP) is 5.44. The van der Waals surface area contributed by atoms with Crippen LogP contribution in [0.15, 0.2) is 92.8 Å². The topological polar surface area (TPSA) is 227 Å². The van der Waals surface area contributed by atoms with E-state index in [0.717, 1.165) is 22.9 Å². The van der Waals surface area contributed by atoms with Crippen LogP contribution in [0.2, 0.25) is 5.02 Å². The molecule has 5 rings (SSSR count). The molecule has 6 N–H and O–H groups in total. The van der Waals surface area contributed by atoms with E-state index in [1.165, 1.54) is 49.4 Å². The molecule has 0 radical (unpaired) electrons. The third-order valence-electron chi connectivity index (χ3n) is 6.38. The molecule has 0 saturated heterocycles. The first-order chi connectivity index (χ1) is 20.6. The number of nitrogens with zero attached hydrogens (tertiary/aromatic N) is 4. The molecule has 0 aliphatic carbocycles. The van der Waals surface area contributed by atoms with Gasteiger partial charge in [0.15, 0.2) is 5.69 Å². The number of nitrogens with one attached hydrogen (secondary N) is 1. The fourth-order valence-electron chi connectivity index (χ4n) is 4.20. The molecule has 0 spiro atoms. The van der Waals surface area contributed by atoms with Crippen molar-refractivity contribution in [1.29, 1.82) is 0 Å². The zero-order chi connectivity index (χ0) is 32.0. The van der Waals surface area contributed by atoms with Crippen LogP contribution in [0.25, 0.3) is 16.5 Å². The molecule has 0 saturated carbocycles. The Balaban J connectivity index is 1.63. The van der Waals surface area contributed by atoms with Crippen molar-refractivity contribution in [3.63, 3.8) is 0 Å². The summed E-state index contributed by atoms with van der Waals surface area (Å²) in [5.74, 6) is -1.10. The van der Waals surface area contributed by atoms with Crippen LogP contribution in [-0.2, 0) is 20.2 Å². The number of fused-ring (bicyclic) bond motifs is 1. The Hall–Kier alpha value is -4.87. The second-order valence-corrected chi connectivity index (χ2v) is 12.6. The van der Waals surface area contributed by atoms with E-state index in [0.29, 0.717) is 16.5 Å². The third kappa shape index (κ3) is 6.10. The van der Waals surface area contributed by atoms with E-state index < -0.39 is 36.9 Å². The molecular weight excluding hydrogens is 636 g/mol. The predicted molar refractivity (Wildman–Crippen MR) is 162 cm³/mol. The SMILES string of the molecule is Cc1nn(-c2cc(S(=O)(=O)O)ccc2Cl)c(O)c1/N=N/c1c(NC(=O)c2ccc(N)cc2)ccc2cc(S(=O)(=O)O)ccc12. The summed E-state index contributed by atoms with van der Waals surface area (Å²) in [6, 6.07) is 16.1. The number of aromatic nitrogens is 2. The number of benzene rings is 4. The Morgan fingerprint density at radius 1 is 0.886 bits per heavy atom. The van der Waals surface area contributed by atoms with Gasteiger partial charge in [0.1, 0.15) is 5.69 Å². The second-order valence-electron chi connectivity index (χ2n) is 9.35. The van der Waals surface area contributed by atoms with Crippen LogP contribution in [0.3, 0.4) is 0 Å². The number of carbonyl (C=O) groups excluding carboxylic acids is 1. The number of nitrogen functional groups attached to an aromatic ring is 1. The summed E-state index contributed by atoms with van der Waals surface area (Å²) in [7, 11) is -9.12. The van der Waals surface area contributed by atoms with E-state index in [2.05, 4.69) is 20.6 Å². The standard InChI is InChI=1S/C27H21ClN6O8S2/c1-14-24(27(36)34(33-14)23-13-19(44(40,41)42)8-10-21(23)28)31-32-25-20-9-7-18(43(37,38)39)12-16(20)4-11-22(25)30-26(35)15-2-5-17(29)6-3-15/h2-13,36H,29H2,1H3,(H,30,35)(H,37,38,39)(H,40,41,42)/b32-31+. The van der Waals surface area contributed by atoms with Crippen molar-refractivity contribution in [3.05, 3.63) is 89.1 Å². The summed E-state index contributed by atoms with van der Waals surface area (Å²) >= 11 is 6.22. The number of halogens is 1. The number of hydrogen-bond acceptors (Lipinski definition) is 10. The van der Waals surface area contributed by atoms with Crippen LogP contribution in [0.4, 0.5) is 22.7 Å². The number of carbonyl (C=O) groups is 1. The van der Waals surface area contributed by atoms with Crippen molar-refractivity contribution >= 4 is 71.3 Å². The monoisotopic (exact) mass is 656 g/mol. The highest BCUT2D eigenvalue weighted by Gasteiger charge is 2.21. The first kappa shape index (κ1) is 30.6. The summed E-state index contributed by atoms with van der Waals surface area (Å²) in [6.07, 6.45) is 0. The maximum atomic E-state index is 13.0. The van der Waals surface area contributed by atoms with Crippen molar-refractivity contribution in [3.8, 4) is 11.6 Å². The quantitative estimate of drug-likeness (QED) is 0.0846. The zero-order valence-electron chi connectivity index (χ0n) is 22.4. The lowest BCUT2D eigenvalue weighted by Gasteiger charge is -2.11. The van der Waals surface area contributed by atoms with E-state index in [-0.39, 0.29) is 43.9 Å². The Morgan fingerprint density at radius 2 is 1.50 bits per heavy atom. The highest BCUT2D eigenvalue weighted by atomic mass is 35.5. The van der Waals surface area contributed by atoms with Crippen molar-refractivity contribution in [2.75, 3.05) is 11.1 Å². The van der Waals surface area contributed by atoms with Crippen LogP contribution in [-0.4, -0.2) is 46.7 Å². The number of hydrogen-bond donors (Lipinski definition) is 5. The lowest BCUT2D eigenvalue weighted by Crippen LogP contribution is -2.12. The van der Waals surface area contributed by atoms with Gasteiger partial charge in [-0.1, -0.05) is 23.7 Å². The van der Waals surface area contributed by atoms with Crippen molar-refractivity contribution in [1.82, 2.24) is 9.78 Å². The van der Waals surface area contributed by atoms with Crippen LogP contribution in [0.1, 0.15) is 16.1 Å². The van der Waals surface area contributed by atoms with E-state index in [9.17, 15) is 35.8 Å². The Labute approximate surface area is 254 Å². The molecule has 0 fully saturated rings. The van der Waals surface area contributed by atoms with Gasteiger partial charge >= 0.3 is 0 Å². The molecule has 226 valence electrons. The highest BCUT2D eigenvalue weighted by Crippen LogP contribution is 2.40. The molecule has 0 unspecified atom stereocenters. The van der Waals surface area contributed by atoms with E-state index >= 15 is 0 Å². The maximum Gasteiger partial charge on any atom is 0.294 e. The highest BCUT2D eigenvalue weighted by molar-refractivity contribution is 7.86. The smallest absolute Gasteiger partial charge is 0.294 e. The lowest BCUT2D eigenvalue weighted by molar-refractivity contribution is 0.102. The molecule has 4 aromatic carbocycles. The van der Waals surface area contributed by atoms with Gasteiger partial charge in [-0.15, -0.1) is 10.2 Å². The normalized spacial score (nSPS) is 12.2. The van der Waals surface area contributed by atoms with Gasteiger partial charge in [0.05, 0.1) is 31.9 Å². The van der Waals surface area contributed by atoms with Gasteiger partial charge in [-0.2, -0.15) is 26.6 Å². The fourth-order valence-corrected chi connectivity index (χ4v) is 5.41. The molecule has 0 aliphatic rings. The van der Waals surface area contributed by atoms with Crippen molar-refractivity contribution in [2.45, 2.75) is 16.7 Å². The van der Waals surface area contributed by atoms with E-state index in [4.69, 9.17) is 17.3 Å². The zero-order valence-corrected chi connectivity index (χ0v) is 24.8. The molecule has 0 bridgehead atoms. The number of aromatic hydroxyl groups is 1. The van der Waals surface area contributed by atoms with Gasteiger partial charge in [0.25, 0.3) is 26.1 Å². The minimum absolute atomic E-state index is 0.00458. The van der Waals surface area contributed by atoms with E-state index in [1.54, 1.807) is 12.1 Å². The largest absolute Gasteiger partial charge is 0.492 e. The lowest BCUT2D eigenvalue weighted by atomic mass is 10.1. The molecule has 0 aliphatic heterocycles. The van der Waals surface area contributed by atoms with Gasteiger partial charge in [0.2, 0.25) is 5.88 Å². The first-order valence-corrected chi connectivity index (χ1v) is 15.6. The third-order valence-corrected chi connectivity index (χ3v) is 8.40. The van der Waals surface area contributed by atoms with Crippen LogP contribution in [0.5, 0.6) is 5.88 Å². The Morgan fingerprint density at radius 3 is 2.16 bits per heavy atom. The minimum Gasteiger partial charge on any atom is -0.492 e. The Bertz CT molecular complexity index is 2220. The van der Waals surface area contributed by atoms with Crippen LogP contribution < -0.4 is 11.1 Å². The minimum atomic E-state index is -4.60. The number of nitrogens with two attached hydrogens (primary N) is 1. The second kappa shape index (κ2) is 11.3. The summed E-state index contributed by atoms with van der Waals surface area (Å²) in [6.45, 7) is 1.48. The summed E-state index contributed by atoms with van der Waals surface area (Å²) < 4.78 is 66.6. The average molecular weight is 657 g/mol. The van der Waals surface area contributed by atoms with Crippen LogP contribution in [0, 0.1) is 6.92 Å². The number of aryl methyl sites for hydroxylation is 1. The van der Waals surface area contributed by atoms with Crippen molar-refractivity contribution in [2.24, 2.45) is 10.2 Å². The van der Waals surface area contributed by atoms with Gasteiger partial charge in [-0.3, -0.25) is 13.9 Å². The average Bonchev–Trinajstić information content (AvgIpc) is 3.23. The van der Waals surface area contributed by atoms with Gasteiger partial charge in [0, 0.05) is 16.6 Å². The number of azo groups is 1. The Kier molecular flexibility index (Phi) is 7.87. The van der Waals surface area contributed by atoms with Crippen LogP contribution >= 0.6 is 11.6 Å². The fraction of sp³-hybridized carbons (Fsp3) is 0.0370. The molecule has 1 heterocycles. The molecule has 1 aromatic heterocycles. The molecule has 1 amide bonds. The first-order valence-electron chi connectivity index (χ1n) is 12.3. The number of rotatable bonds is 7. The molecular formula is C27H21ClN6O8S2. The molecule has 14 nitrogen and oxygen atoms in total. The molecule has 0 atom stereocenters. The van der Waals surface area contributed by atoms with Gasteiger partial charge < -0.3 is 16.2 Å². The van der Waals surface area contributed by atoms with Gasteiger partial charge in [-0.05, 0) is 73.0 Å². The summed E-state index contributed by atoms with van der Waals surface area (Å²) in [5.41, 5.74) is 6.58. The van der Waals surface area contributed by atoms with E-state index in [1.807, 2.05) is 0 Å². The summed E-state index contributed by atoms with van der Waals surface area (Å²) in [4.78, 5) is 12.1. The summed E-state index contributed by atoms with van der Waals surface area (Å²) in [5, 5.41) is 26.9. The molecule has 17 heteroatoms. The maximum absolute atomic E-state index is 13.0.